The zero-order valence-corrected chi connectivity index (χ0v) is 10.7. The highest BCUT2D eigenvalue weighted by molar-refractivity contribution is 6.30. The fourth-order valence-electron chi connectivity index (χ4n) is 1.32. The van der Waals surface area contributed by atoms with Crippen molar-refractivity contribution in [2.45, 2.75) is 6.92 Å². The van der Waals surface area contributed by atoms with Crippen LogP contribution in [0, 0.1) is 0 Å². The van der Waals surface area contributed by atoms with Crippen LogP contribution in [-0.2, 0) is 0 Å². The number of urea groups is 1. The fourth-order valence-corrected chi connectivity index (χ4v) is 1.51. The molecule has 0 spiro atoms. The van der Waals surface area contributed by atoms with Gasteiger partial charge in [-0.15, -0.1) is 0 Å². The van der Waals surface area contributed by atoms with Crippen LogP contribution >= 0.6 is 11.6 Å². The minimum atomic E-state index is -0.341. The molecular formula is C11H15ClN4O2. The number of amides is 2. The Balaban J connectivity index is 2.68. The van der Waals surface area contributed by atoms with Crippen LogP contribution in [0.1, 0.15) is 6.92 Å². The number of rotatable bonds is 4. The molecule has 0 atom stereocenters. The molecule has 0 aliphatic rings. The number of oxime groups is 1. The number of nitrogens with one attached hydrogen (secondary N) is 1. The van der Waals surface area contributed by atoms with E-state index in [1.165, 1.54) is 4.90 Å². The molecule has 18 heavy (non-hydrogen) atoms. The molecule has 0 bridgehead atoms. The van der Waals surface area contributed by atoms with E-state index in [2.05, 4.69) is 10.5 Å². The molecule has 0 aromatic heterocycles. The van der Waals surface area contributed by atoms with Crippen molar-refractivity contribution in [3.63, 3.8) is 0 Å². The second-order valence-corrected chi connectivity index (χ2v) is 3.98. The van der Waals surface area contributed by atoms with Gasteiger partial charge in [-0.25, -0.2) is 4.79 Å². The van der Waals surface area contributed by atoms with Gasteiger partial charge in [0.1, 0.15) is 0 Å². The summed E-state index contributed by atoms with van der Waals surface area (Å²) >= 11 is 5.81. The first-order chi connectivity index (χ1) is 8.56. The molecule has 0 aliphatic heterocycles. The molecule has 0 saturated heterocycles. The molecule has 7 heteroatoms. The summed E-state index contributed by atoms with van der Waals surface area (Å²) in [6.07, 6.45) is 0. The third-order valence-electron chi connectivity index (χ3n) is 2.23. The van der Waals surface area contributed by atoms with Crippen LogP contribution in [0.3, 0.4) is 0 Å². The van der Waals surface area contributed by atoms with Gasteiger partial charge in [-0.2, -0.15) is 0 Å². The van der Waals surface area contributed by atoms with Crippen molar-refractivity contribution in [2.75, 3.05) is 18.4 Å². The second kappa shape index (κ2) is 6.70. The lowest BCUT2D eigenvalue weighted by molar-refractivity contribution is 0.220. The number of hydrogen-bond acceptors (Lipinski definition) is 3. The van der Waals surface area contributed by atoms with E-state index in [1.807, 2.05) is 0 Å². The zero-order valence-electron chi connectivity index (χ0n) is 9.93. The third kappa shape index (κ3) is 4.14. The van der Waals surface area contributed by atoms with E-state index < -0.39 is 0 Å². The summed E-state index contributed by atoms with van der Waals surface area (Å²) in [5, 5.41) is 14.5. The van der Waals surface area contributed by atoms with Crippen LogP contribution in [0.25, 0.3) is 0 Å². The number of hydrogen-bond donors (Lipinski definition) is 3. The molecule has 2 amide bonds. The highest BCUT2D eigenvalue weighted by Crippen LogP contribution is 2.15. The Morgan fingerprint density at radius 3 is 2.89 bits per heavy atom. The van der Waals surface area contributed by atoms with Crippen LogP contribution < -0.4 is 11.1 Å². The van der Waals surface area contributed by atoms with E-state index in [-0.39, 0.29) is 18.4 Å². The topological polar surface area (TPSA) is 90.9 Å². The normalized spacial score (nSPS) is 11.1. The van der Waals surface area contributed by atoms with E-state index in [4.69, 9.17) is 22.5 Å². The van der Waals surface area contributed by atoms with Gasteiger partial charge in [0.25, 0.3) is 0 Å². The maximum atomic E-state index is 11.9. The number of anilines is 1. The van der Waals surface area contributed by atoms with Crippen molar-refractivity contribution in [1.29, 1.82) is 0 Å². The van der Waals surface area contributed by atoms with Gasteiger partial charge in [0.15, 0.2) is 5.84 Å². The number of amidine groups is 1. The van der Waals surface area contributed by atoms with Gasteiger partial charge in [-0.1, -0.05) is 22.8 Å². The first-order valence-corrected chi connectivity index (χ1v) is 5.72. The van der Waals surface area contributed by atoms with E-state index >= 15 is 0 Å². The van der Waals surface area contributed by atoms with Crippen molar-refractivity contribution in [3.8, 4) is 0 Å². The Morgan fingerprint density at radius 2 is 2.33 bits per heavy atom. The maximum Gasteiger partial charge on any atom is 0.322 e. The summed E-state index contributed by atoms with van der Waals surface area (Å²) in [5.74, 6) is -0.0295. The quantitative estimate of drug-likeness (QED) is 0.338. The lowest BCUT2D eigenvalue weighted by Crippen LogP contribution is -2.40. The molecule has 0 radical (unpaired) electrons. The van der Waals surface area contributed by atoms with Crippen LogP contribution in [-0.4, -0.2) is 35.1 Å². The van der Waals surface area contributed by atoms with Gasteiger partial charge in [0, 0.05) is 17.3 Å². The van der Waals surface area contributed by atoms with Crippen molar-refractivity contribution < 1.29 is 10.0 Å². The van der Waals surface area contributed by atoms with Crippen LogP contribution in [0.4, 0.5) is 10.5 Å². The lowest BCUT2D eigenvalue weighted by atomic mass is 10.3. The predicted octanol–water partition coefficient (Wildman–Crippen LogP) is 1.94. The van der Waals surface area contributed by atoms with Gasteiger partial charge in [0.05, 0.1) is 6.54 Å². The Hall–Kier alpha value is -1.95. The van der Waals surface area contributed by atoms with E-state index in [0.29, 0.717) is 17.3 Å². The van der Waals surface area contributed by atoms with Gasteiger partial charge < -0.3 is 21.2 Å². The van der Waals surface area contributed by atoms with Gasteiger partial charge >= 0.3 is 6.03 Å². The fraction of sp³-hybridized carbons (Fsp3) is 0.273. The van der Waals surface area contributed by atoms with Crippen molar-refractivity contribution in [1.82, 2.24) is 4.90 Å². The predicted molar refractivity (Wildman–Crippen MR) is 71.1 cm³/mol. The van der Waals surface area contributed by atoms with Crippen LogP contribution in [0.5, 0.6) is 0 Å². The first kappa shape index (κ1) is 14.1. The zero-order chi connectivity index (χ0) is 13.5. The molecule has 1 aromatic rings. The van der Waals surface area contributed by atoms with Crippen LogP contribution in [0.2, 0.25) is 5.02 Å². The molecule has 1 rings (SSSR count). The number of likely N-dealkylation sites (N-methyl/N-ethyl adjacent to an activating group) is 1. The maximum absolute atomic E-state index is 11.9. The van der Waals surface area contributed by atoms with Gasteiger partial charge in [-0.3, -0.25) is 0 Å². The summed E-state index contributed by atoms with van der Waals surface area (Å²) < 4.78 is 0. The summed E-state index contributed by atoms with van der Waals surface area (Å²) in [6, 6.07) is 6.47. The van der Waals surface area contributed by atoms with Crippen molar-refractivity contribution >= 4 is 29.2 Å². The summed E-state index contributed by atoms with van der Waals surface area (Å²) in [4.78, 5) is 13.3. The number of nitrogens with two attached hydrogens (primary N) is 1. The summed E-state index contributed by atoms with van der Waals surface area (Å²) in [6.45, 7) is 2.28. The van der Waals surface area contributed by atoms with Crippen molar-refractivity contribution in [3.05, 3.63) is 29.3 Å². The molecule has 1 aromatic carbocycles. The SMILES string of the molecule is CCN(CC(N)=NO)C(=O)Nc1cccc(Cl)c1. The number of carbonyl (C=O) groups excluding carboxylic acids is 1. The number of carbonyl (C=O) groups is 1. The highest BCUT2D eigenvalue weighted by atomic mass is 35.5. The monoisotopic (exact) mass is 270 g/mol. The van der Waals surface area contributed by atoms with E-state index in [9.17, 15) is 4.79 Å². The minimum absolute atomic E-state index is 0.0295. The lowest BCUT2D eigenvalue weighted by Gasteiger charge is -2.20. The Morgan fingerprint density at radius 1 is 1.61 bits per heavy atom. The summed E-state index contributed by atoms with van der Waals surface area (Å²) in [7, 11) is 0. The largest absolute Gasteiger partial charge is 0.409 e. The van der Waals surface area contributed by atoms with Gasteiger partial charge in [-0.05, 0) is 25.1 Å². The number of halogens is 1. The molecule has 0 fully saturated rings. The summed E-state index contributed by atoms with van der Waals surface area (Å²) in [5.41, 5.74) is 5.95. The molecule has 0 unspecified atom stereocenters. The molecule has 0 aliphatic carbocycles. The Bertz CT molecular complexity index is 450. The standard InChI is InChI=1S/C11H15ClN4O2/c1-2-16(7-10(13)15-18)11(17)14-9-5-3-4-8(12)6-9/h3-6,18H,2,7H2,1H3,(H2,13,15)(H,14,17). The average Bonchev–Trinajstić information content (AvgIpc) is 2.35. The van der Waals surface area contributed by atoms with E-state index in [1.54, 1.807) is 31.2 Å². The smallest absolute Gasteiger partial charge is 0.322 e. The molecule has 4 N–H and O–H groups in total. The van der Waals surface area contributed by atoms with Crippen LogP contribution in [0.15, 0.2) is 29.4 Å². The highest BCUT2D eigenvalue weighted by Gasteiger charge is 2.13. The minimum Gasteiger partial charge on any atom is -0.409 e. The Kier molecular flexibility index (Phi) is 5.26. The molecule has 98 valence electrons. The molecular weight excluding hydrogens is 256 g/mol. The van der Waals surface area contributed by atoms with Gasteiger partial charge in [0.2, 0.25) is 0 Å². The number of nitrogens with zero attached hydrogens (tertiary/aromatic N) is 2. The third-order valence-corrected chi connectivity index (χ3v) is 2.46. The average molecular weight is 271 g/mol. The first-order valence-electron chi connectivity index (χ1n) is 5.34. The Labute approximate surface area is 110 Å². The number of benzene rings is 1. The molecule has 0 saturated carbocycles. The second-order valence-electron chi connectivity index (χ2n) is 3.55. The van der Waals surface area contributed by atoms with Crippen molar-refractivity contribution in [2.24, 2.45) is 10.9 Å². The molecule has 0 heterocycles. The van der Waals surface area contributed by atoms with E-state index in [0.717, 1.165) is 0 Å². The molecule has 6 nitrogen and oxygen atoms in total.